The standard InChI is InChI=1S/C10H10ClN3O/c11-8-1-3-9(4-2-8)14-7-10(15)13-6-5-12/h1-4,14H,6-7H2,(H,13,15). The zero-order chi connectivity index (χ0) is 11.1. The molecule has 0 aliphatic rings. The summed E-state index contributed by atoms with van der Waals surface area (Å²) in [7, 11) is 0. The summed E-state index contributed by atoms with van der Waals surface area (Å²) in [5, 5.41) is 14.2. The summed E-state index contributed by atoms with van der Waals surface area (Å²) in [6.45, 7) is 0.171. The quantitative estimate of drug-likeness (QED) is 0.759. The number of rotatable bonds is 4. The summed E-state index contributed by atoms with van der Waals surface area (Å²) in [4.78, 5) is 11.1. The fraction of sp³-hybridized carbons (Fsp3) is 0.200. The predicted octanol–water partition coefficient (Wildman–Crippen LogP) is 1.39. The van der Waals surface area contributed by atoms with Crippen molar-refractivity contribution in [3.05, 3.63) is 29.3 Å². The molecule has 1 amide bonds. The summed E-state index contributed by atoms with van der Waals surface area (Å²) in [5.41, 5.74) is 0.812. The molecule has 0 saturated heterocycles. The summed E-state index contributed by atoms with van der Waals surface area (Å²) in [5.74, 6) is -0.216. The van der Waals surface area contributed by atoms with Crippen LogP contribution in [0.5, 0.6) is 0 Å². The average Bonchev–Trinajstić information content (AvgIpc) is 2.25. The molecule has 0 aromatic heterocycles. The highest BCUT2D eigenvalue weighted by Crippen LogP contribution is 2.12. The van der Waals surface area contributed by atoms with Crippen LogP contribution in [-0.2, 0) is 4.79 Å². The van der Waals surface area contributed by atoms with Crippen molar-refractivity contribution in [1.29, 1.82) is 5.26 Å². The van der Waals surface area contributed by atoms with Gasteiger partial charge >= 0.3 is 0 Å². The van der Waals surface area contributed by atoms with Crippen molar-refractivity contribution in [3.8, 4) is 6.07 Å². The third-order valence-electron chi connectivity index (χ3n) is 1.66. The van der Waals surface area contributed by atoms with Crippen LogP contribution in [0.2, 0.25) is 5.02 Å². The largest absolute Gasteiger partial charge is 0.376 e. The van der Waals surface area contributed by atoms with Gasteiger partial charge in [-0.15, -0.1) is 0 Å². The fourth-order valence-electron chi connectivity index (χ4n) is 0.951. The van der Waals surface area contributed by atoms with Crippen molar-refractivity contribution in [2.24, 2.45) is 0 Å². The van der Waals surface area contributed by atoms with E-state index in [1.807, 2.05) is 6.07 Å². The van der Waals surface area contributed by atoms with Gasteiger partial charge in [0.05, 0.1) is 12.6 Å². The van der Waals surface area contributed by atoms with Crippen molar-refractivity contribution in [3.63, 3.8) is 0 Å². The van der Waals surface area contributed by atoms with E-state index in [9.17, 15) is 4.79 Å². The molecule has 0 aliphatic heterocycles. The highest BCUT2D eigenvalue weighted by atomic mass is 35.5. The normalized spacial score (nSPS) is 9.07. The average molecular weight is 224 g/mol. The van der Waals surface area contributed by atoms with Gasteiger partial charge < -0.3 is 10.6 Å². The highest BCUT2D eigenvalue weighted by Gasteiger charge is 1.99. The molecule has 0 aliphatic carbocycles. The van der Waals surface area contributed by atoms with Gasteiger partial charge in [0, 0.05) is 10.7 Å². The number of nitrogens with one attached hydrogen (secondary N) is 2. The Labute approximate surface area is 92.8 Å². The van der Waals surface area contributed by atoms with Crippen LogP contribution in [0.4, 0.5) is 5.69 Å². The number of nitrogens with zero attached hydrogens (tertiary/aromatic N) is 1. The third kappa shape index (κ3) is 4.34. The predicted molar refractivity (Wildman–Crippen MR) is 58.6 cm³/mol. The van der Waals surface area contributed by atoms with E-state index in [4.69, 9.17) is 16.9 Å². The Hall–Kier alpha value is -1.73. The maximum absolute atomic E-state index is 11.1. The SMILES string of the molecule is N#CCNC(=O)CNc1ccc(Cl)cc1. The minimum Gasteiger partial charge on any atom is -0.376 e. The van der Waals surface area contributed by atoms with E-state index in [-0.39, 0.29) is 19.0 Å². The number of anilines is 1. The van der Waals surface area contributed by atoms with Gasteiger partial charge in [0.15, 0.2) is 0 Å². The van der Waals surface area contributed by atoms with Crippen LogP contribution in [0.25, 0.3) is 0 Å². The van der Waals surface area contributed by atoms with E-state index in [2.05, 4.69) is 10.6 Å². The Morgan fingerprint density at radius 3 is 2.67 bits per heavy atom. The maximum Gasteiger partial charge on any atom is 0.240 e. The second kappa shape index (κ2) is 5.89. The number of carbonyl (C=O) groups excluding carboxylic acids is 1. The second-order valence-electron chi connectivity index (χ2n) is 2.80. The zero-order valence-corrected chi connectivity index (χ0v) is 8.71. The van der Waals surface area contributed by atoms with Crippen molar-refractivity contribution < 1.29 is 4.79 Å². The molecule has 0 unspecified atom stereocenters. The van der Waals surface area contributed by atoms with E-state index in [1.54, 1.807) is 24.3 Å². The smallest absolute Gasteiger partial charge is 0.240 e. The lowest BCUT2D eigenvalue weighted by Crippen LogP contribution is -2.29. The van der Waals surface area contributed by atoms with Crippen LogP contribution >= 0.6 is 11.6 Å². The van der Waals surface area contributed by atoms with Crippen molar-refractivity contribution in [1.82, 2.24) is 5.32 Å². The van der Waals surface area contributed by atoms with Crippen LogP contribution in [-0.4, -0.2) is 19.0 Å². The number of carbonyl (C=O) groups is 1. The third-order valence-corrected chi connectivity index (χ3v) is 1.91. The lowest BCUT2D eigenvalue weighted by atomic mass is 10.3. The minimum atomic E-state index is -0.216. The fourth-order valence-corrected chi connectivity index (χ4v) is 1.08. The molecule has 4 nitrogen and oxygen atoms in total. The van der Waals surface area contributed by atoms with E-state index < -0.39 is 0 Å². The van der Waals surface area contributed by atoms with Crippen molar-refractivity contribution in [2.45, 2.75) is 0 Å². The van der Waals surface area contributed by atoms with E-state index in [1.165, 1.54) is 0 Å². The molecule has 0 heterocycles. The Bertz CT molecular complexity index is 369. The first kappa shape index (κ1) is 11.3. The first-order valence-corrected chi connectivity index (χ1v) is 4.73. The highest BCUT2D eigenvalue weighted by molar-refractivity contribution is 6.30. The van der Waals surface area contributed by atoms with Crippen LogP contribution in [0, 0.1) is 11.3 Å². The first-order chi connectivity index (χ1) is 7.22. The molecule has 0 bridgehead atoms. The molecule has 78 valence electrons. The number of halogens is 1. The van der Waals surface area contributed by atoms with Crippen LogP contribution in [0.1, 0.15) is 0 Å². The monoisotopic (exact) mass is 223 g/mol. The van der Waals surface area contributed by atoms with Gasteiger partial charge in [-0.2, -0.15) is 5.26 Å². The molecule has 0 fully saturated rings. The number of nitriles is 1. The van der Waals surface area contributed by atoms with Gasteiger partial charge in [-0.1, -0.05) is 11.6 Å². The molecule has 0 spiro atoms. The lowest BCUT2D eigenvalue weighted by Gasteiger charge is -2.05. The molecule has 0 radical (unpaired) electrons. The Morgan fingerprint density at radius 2 is 2.07 bits per heavy atom. The van der Waals surface area contributed by atoms with E-state index in [0.717, 1.165) is 5.69 Å². The van der Waals surface area contributed by atoms with Gasteiger partial charge in [0.1, 0.15) is 6.54 Å². The number of benzene rings is 1. The van der Waals surface area contributed by atoms with E-state index >= 15 is 0 Å². The second-order valence-corrected chi connectivity index (χ2v) is 3.23. The van der Waals surface area contributed by atoms with Gasteiger partial charge in [-0.05, 0) is 24.3 Å². The number of hydrogen-bond acceptors (Lipinski definition) is 3. The molecular weight excluding hydrogens is 214 g/mol. The molecular formula is C10H10ClN3O. The molecule has 0 saturated carbocycles. The molecule has 0 atom stereocenters. The number of amides is 1. The Kier molecular flexibility index (Phi) is 4.45. The maximum atomic E-state index is 11.1. The Morgan fingerprint density at radius 1 is 1.40 bits per heavy atom. The molecule has 1 aromatic rings. The topological polar surface area (TPSA) is 64.9 Å². The molecule has 1 aromatic carbocycles. The molecule has 2 N–H and O–H groups in total. The summed E-state index contributed by atoms with van der Waals surface area (Å²) in [6.07, 6.45) is 0. The summed E-state index contributed by atoms with van der Waals surface area (Å²) < 4.78 is 0. The number of hydrogen-bond donors (Lipinski definition) is 2. The van der Waals surface area contributed by atoms with Gasteiger partial charge in [0.2, 0.25) is 5.91 Å². The van der Waals surface area contributed by atoms with Gasteiger partial charge in [-0.25, -0.2) is 0 Å². The van der Waals surface area contributed by atoms with Crippen LogP contribution in [0.15, 0.2) is 24.3 Å². The van der Waals surface area contributed by atoms with E-state index in [0.29, 0.717) is 5.02 Å². The molecule has 1 rings (SSSR count). The zero-order valence-electron chi connectivity index (χ0n) is 7.96. The van der Waals surface area contributed by atoms with Gasteiger partial charge in [-0.3, -0.25) is 4.79 Å². The van der Waals surface area contributed by atoms with Crippen LogP contribution in [0.3, 0.4) is 0 Å². The Balaban J connectivity index is 2.34. The van der Waals surface area contributed by atoms with Crippen LogP contribution < -0.4 is 10.6 Å². The summed E-state index contributed by atoms with van der Waals surface area (Å²) in [6, 6.07) is 8.85. The molecule has 5 heteroatoms. The minimum absolute atomic E-state index is 0.0289. The first-order valence-electron chi connectivity index (χ1n) is 4.35. The summed E-state index contributed by atoms with van der Waals surface area (Å²) >= 11 is 5.70. The molecule has 15 heavy (non-hydrogen) atoms. The van der Waals surface area contributed by atoms with Gasteiger partial charge in [0.25, 0.3) is 0 Å². The van der Waals surface area contributed by atoms with Crippen molar-refractivity contribution in [2.75, 3.05) is 18.4 Å². The van der Waals surface area contributed by atoms with Crippen molar-refractivity contribution >= 4 is 23.2 Å². The lowest BCUT2D eigenvalue weighted by molar-refractivity contribution is -0.119.